The number of hydrogen-bond donors (Lipinski definition) is 1. The molecule has 3 rings (SSSR count). The van der Waals surface area contributed by atoms with Crippen molar-refractivity contribution in [3.05, 3.63) is 24.0 Å². The number of carbonyl (C=O) groups is 1. The Balaban J connectivity index is 0.00000161. The smallest absolute Gasteiger partial charge is 0.414 e. The third-order valence-corrected chi connectivity index (χ3v) is 3.75. The molecule has 1 unspecified atom stereocenters. The van der Waals surface area contributed by atoms with Gasteiger partial charge in [0.25, 0.3) is 0 Å². The second kappa shape index (κ2) is 6.49. The minimum atomic E-state index is -0.410. The van der Waals surface area contributed by atoms with Crippen LogP contribution in [0.15, 0.2) is 18.2 Å². The summed E-state index contributed by atoms with van der Waals surface area (Å²) in [6.07, 6.45) is -0.410. The fraction of sp³-hybridized carbons (Fsp3) is 0.500. The van der Waals surface area contributed by atoms with Crippen molar-refractivity contribution in [3.8, 4) is 0 Å². The van der Waals surface area contributed by atoms with Gasteiger partial charge in [0, 0.05) is 26.2 Å². The molecule has 0 aromatic heterocycles. The van der Waals surface area contributed by atoms with E-state index in [1.807, 2.05) is 11.8 Å². The van der Waals surface area contributed by atoms with Crippen LogP contribution >= 0.6 is 12.4 Å². The van der Waals surface area contributed by atoms with Crippen molar-refractivity contribution < 1.29 is 13.9 Å². The molecule has 2 heterocycles. The van der Waals surface area contributed by atoms with E-state index in [1.165, 1.54) is 11.0 Å². The molecule has 0 spiro atoms. The van der Waals surface area contributed by atoms with E-state index in [4.69, 9.17) is 4.74 Å². The quantitative estimate of drug-likeness (QED) is 0.906. The molecule has 1 aromatic rings. The molecule has 0 bridgehead atoms. The molecule has 0 saturated carbocycles. The Morgan fingerprint density at radius 3 is 2.62 bits per heavy atom. The molecule has 116 valence electrons. The van der Waals surface area contributed by atoms with Crippen molar-refractivity contribution in [1.82, 2.24) is 5.32 Å². The molecule has 1 atom stereocenters. The van der Waals surface area contributed by atoms with Gasteiger partial charge in [-0.25, -0.2) is 9.18 Å². The van der Waals surface area contributed by atoms with Gasteiger partial charge in [-0.1, -0.05) is 0 Å². The van der Waals surface area contributed by atoms with Gasteiger partial charge in [-0.05, 0) is 25.1 Å². The highest BCUT2D eigenvalue weighted by molar-refractivity contribution is 5.90. The summed E-state index contributed by atoms with van der Waals surface area (Å²) < 4.78 is 19.3. The molecular formula is C14H19ClFN3O2. The Morgan fingerprint density at radius 1 is 1.33 bits per heavy atom. The summed E-state index contributed by atoms with van der Waals surface area (Å²) in [6, 6.07) is 4.88. The number of benzene rings is 1. The van der Waals surface area contributed by atoms with Crippen LogP contribution in [0.1, 0.15) is 6.92 Å². The van der Waals surface area contributed by atoms with Crippen LogP contribution in [0.3, 0.4) is 0 Å². The van der Waals surface area contributed by atoms with Crippen LogP contribution in [0.5, 0.6) is 0 Å². The van der Waals surface area contributed by atoms with Gasteiger partial charge in [0.15, 0.2) is 0 Å². The zero-order valence-electron chi connectivity index (χ0n) is 11.8. The van der Waals surface area contributed by atoms with Gasteiger partial charge in [0.2, 0.25) is 0 Å². The SMILES string of the molecule is CC1COC(=O)N1c1ccc(N2CCNCC2)c(F)c1.Cl. The molecule has 2 aliphatic heterocycles. The topological polar surface area (TPSA) is 44.8 Å². The van der Waals surface area contributed by atoms with E-state index in [2.05, 4.69) is 5.32 Å². The van der Waals surface area contributed by atoms with E-state index in [-0.39, 0.29) is 24.3 Å². The molecule has 1 amide bonds. The average Bonchev–Trinajstić information content (AvgIpc) is 2.79. The average molecular weight is 316 g/mol. The maximum Gasteiger partial charge on any atom is 0.414 e. The van der Waals surface area contributed by atoms with E-state index < -0.39 is 6.09 Å². The number of cyclic esters (lactones) is 1. The van der Waals surface area contributed by atoms with Gasteiger partial charge in [-0.3, -0.25) is 4.90 Å². The molecule has 0 radical (unpaired) electrons. The van der Waals surface area contributed by atoms with Crippen LogP contribution in [0, 0.1) is 5.82 Å². The predicted molar refractivity (Wildman–Crippen MR) is 82.0 cm³/mol. The van der Waals surface area contributed by atoms with Crippen molar-refractivity contribution in [1.29, 1.82) is 0 Å². The first-order chi connectivity index (χ1) is 9.66. The van der Waals surface area contributed by atoms with Crippen LogP contribution in [0.4, 0.5) is 20.6 Å². The minimum absolute atomic E-state index is 0. The number of hydrogen-bond acceptors (Lipinski definition) is 4. The molecule has 0 aliphatic carbocycles. The van der Waals surface area contributed by atoms with Gasteiger partial charge < -0.3 is 15.0 Å². The summed E-state index contributed by atoms with van der Waals surface area (Å²) in [7, 11) is 0. The standard InChI is InChI=1S/C14H18FN3O2.ClH/c1-10-9-20-14(19)18(10)11-2-3-13(12(15)8-11)17-6-4-16-5-7-17;/h2-3,8,10,16H,4-7,9H2,1H3;1H. The molecule has 21 heavy (non-hydrogen) atoms. The van der Waals surface area contributed by atoms with Crippen LogP contribution in [0.2, 0.25) is 0 Å². The summed E-state index contributed by atoms with van der Waals surface area (Å²) in [5.74, 6) is -0.295. The fourth-order valence-electron chi connectivity index (χ4n) is 2.68. The van der Waals surface area contributed by atoms with Crippen LogP contribution in [-0.2, 0) is 4.74 Å². The van der Waals surface area contributed by atoms with Crippen LogP contribution in [-0.4, -0.2) is 44.9 Å². The highest BCUT2D eigenvalue weighted by Crippen LogP contribution is 2.28. The lowest BCUT2D eigenvalue weighted by Crippen LogP contribution is -2.43. The number of piperazine rings is 1. The number of anilines is 2. The summed E-state index contributed by atoms with van der Waals surface area (Å²) >= 11 is 0. The zero-order chi connectivity index (χ0) is 14.1. The van der Waals surface area contributed by atoms with Crippen molar-refractivity contribution >= 4 is 29.9 Å². The summed E-state index contributed by atoms with van der Waals surface area (Å²) in [4.78, 5) is 15.2. The molecule has 7 heteroatoms. The zero-order valence-corrected chi connectivity index (χ0v) is 12.7. The third-order valence-electron chi connectivity index (χ3n) is 3.75. The van der Waals surface area contributed by atoms with Crippen molar-refractivity contribution in [3.63, 3.8) is 0 Å². The molecule has 1 aromatic carbocycles. The number of rotatable bonds is 2. The molecule has 2 fully saturated rings. The van der Waals surface area contributed by atoms with E-state index in [1.54, 1.807) is 12.1 Å². The van der Waals surface area contributed by atoms with E-state index in [0.717, 1.165) is 26.2 Å². The van der Waals surface area contributed by atoms with Crippen molar-refractivity contribution in [2.45, 2.75) is 13.0 Å². The molecule has 1 N–H and O–H groups in total. The number of nitrogens with one attached hydrogen (secondary N) is 1. The van der Waals surface area contributed by atoms with E-state index >= 15 is 0 Å². The predicted octanol–water partition coefficient (Wildman–Crippen LogP) is 2.00. The highest BCUT2D eigenvalue weighted by Gasteiger charge is 2.31. The number of halogens is 2. The van der Waals surface area contributed by atoms with E-state index in [0.29, 0.717) is 18.0 Å². The number of carbonyl (C=O) groups excluding carboxylic acids is 1. The van der Waals surface area contributed by atoms with Gasteiger partial charge in [0.1, 0.15) is 12.4 Å². The van der Waals surface area contributed by atoms with Crippen molar-refractivity contribution in [2.24, 2.45) is 0 Å². The second-order valence-electron chi connectivity index (χ2n) is 5.17. The van der Waals surface area contributed by atoms with Gasteiger partial charge in [-0.2, -0.15) is 0 Å². The third kappa shape index (κ3) is 3.06. The van der Waals surface area contributed by atoms with Gasteiger partial charge in [0.05, 0.1) is 17.4 Å². The normalized spacial score (nSPS) is 22.0. The Labute approximate surface area is 129 Å². The Morgan fingerprint density at radius 2 is 2.05 bits per heavy atom. The lowest BCUT2D eigenvalue weighted by atomic mass is 10.2. The Hall–Kier alpha value is -1.53. The van der Waals surface area contributed by atoms with Gasteiger partial charge >= 0.3 is 6.09 Å². The fourth-order valence-corrected chi connectivity index (χ4v) is 2.68. The van der Waals surface area contributed by atoms with Crippen LogP contribution in [0.25, 0.3) is 0 Å². The summed E-state index contributed by atoms with van der Waals surface area (Å²) in [6.45, 7) is 5.53. The molecule has 2 aliphatic rings. The number of ether oxygens (including phenoxy) is 1. The molecular weight excluding hydrogens is 297 g/mol. The highest BCUT2D eigenvalue weighted by atomic mass is 35.5. The molecule has 2 saturated heterocycles. The van der Waals surface area contributed by atoms with Gasteiger partial charge in [-0.15, -0.1) is 12.4 Å². The minimum Gasteiger partial charge on any atom is -0.447 e. The lowest BCUT2D eigenvalue weighted by molar-refractivity contribution is 0.179. The first-order valence-corrected chi connectivity index (χ1v) is 6.88. The molecule has 5 nitrogen and oxygen atoms in total. The Kier molecular flexibility index (Phi) is 4.90. The monoisotopic (exact) mass is 315 g/mol. The lowest BCUT2D eigenvalue weighted by Gasteiger charge is -2.30. The van der Waals surface area contributed by atoms with E-state index in [9.17, 15) is 9.18 Å². The second-order valence-corrected chi connectivity index (χ2v) is 5.17. The maximum absolute atomic E-state index is 14.3. The number of amides is 1. The Bertz CT molecular complexity index is 523. The first kappa shape index (κ1) is 15.9. The summed E-state index contributed by atoms with van der Waals surface area (Å²) in [5.41, 5.74) is 1.15. The number of nitrogens with zero attached hydrogens (tertiary/aromatic N) is 2. The maximum atomic E-state index is 14.3. The largest absolute Gasteiger partial charge is 0.447 e. The van der Waals surface area contributed by atoms with Crippen molar-refractivity contribution in [2.75, 3.05) is 42.6 Å². The first-order valence-electron chi connectivity index (χ1n) is 6.88. The summed E-state index contributed by atoms with van der Waals surface area (Å²) in [5, 5.41) is 3.24. The van der Waals surface area contributed by atoms with Crippen LogP contribution < -0.4 is 15.1 Å².